The van der Waals surface area contributed by atoms with E-state index in [1.165, 1.54) is 0 Å². The Kier molecular flexibility index (Phi) is 3.81. The minimum absolute atomic E-state index is 0.217. The molecule has 118 valence electrons. The van der Waals surface area contributed by atoms with E-state index >= 15 is 0 Å². The summed E-state index contributed by atoms with van der Waals surface area (Å²) in [6.07, 6.45) is 2.44. The van der Waals surface area contributed by atoms with Gasteiger partial charge < -0.3 is 10.6 Å². The van der Waals surface area contributed by atoms with E-state index < -0.39 is 5.91 Å². The predicted octanol–water partition coefficient (Wildman–Crippen LogP) is 2.26. The molecule has 0 unspecified atom stereocenters. The lowest BCUT2D eigenvalue weighted by Crippen LogP contribution is -2.44. The number of ketones is 1. The largest absolute Gasteiger partial charge is 0.366 e. The molecule has 1 amide bonds. The van der Waals surface area contributed by atoms with Crippen LogP contribution in [0.3, 0.4) is 0 Å². The molecule has 1 fully saturated rings. The van der Waals surface area contributed by atoms with Crippen LogP contribution in [0.15, 0.2) is 18.2 Å². The maximum Gasteiger partial charge on any atom is 0.249 e. The van der Waals surface area contributed by atoms with Crippen LogP contribution in [0.4, 0.5) is 0 Å². The summed E-state index contributed by atoms with van der Waals surface area (Å²) in [6.45, 7) is 7.46. The Morgan fingerprint density at radius 2 is 2.00 bits per heavy atom. The molecule has 2 aliphatic rings. The first-order valence-corrected chi connectivity index (χ1v) is 8.12. The third-order valence-corrected chi connectivity index (χ3v) is 5.12. The molecule has 1 aromatic carbocycles. The number of amides is 1. The van der Waals surface area contributed by atoms with Crippen LogP contribution in [0.25, 0.3) is 0 Å². The first-order valence-electron chi connectivity index (χ1n) is 8.12. The Labute approximate surface area is 131 Å². The Morgan fingerprint density at radius 1 is 1.32 bits per heavy atom. The standard InChI is InChI=1S/C18H24N2O2/c1-12(2)11-20-8-6-18(7-9-20)10-15-13(16(18)21)4-3-5-14(15)17(19)22/h3-5,12H,6-11H2,1-2H3,(H2,19,22). The molecule has 0 atom stereocenters. The highest BCUT2D eigenvalue weighted by Crippen LogP contribution is 2.45. The van der Waals surface area contributed by atoms with Crippen LogP contribution in [0.5, 0.6) is 0 Å². The van der Waals surface area contributed by atoms with E-state index in [1.807, 2.05) is 6.07 Å². The molecule has 0 radical (unpaired) electrons. The number of nitrogens with two attached hydrogens (primary N) is 1. The van der Waals surface area contributed by atoms with Crippen LogP contribution in [0.1, 0.15) is 53.0 Å². The molecule has 4 nitrogen and oxygen atoms in total. The van der Waals surface area contributed by atoms with Crippen molar-refractivity contribution in [3.8, 4) is 0 Å². The van der Waals surface area contributed by atoms with Crippen molar-refractivity contribution in [2.24, 2.45) is 17.1 Å². The maximum atomic E-state index is 12.9. The number of Topliss-reactive ketones (excluding diaryl/α,β-unsaturated/α-hetero) is 1. The van der Waals surface area contributed by atoms with E-state index in [9.17, 15) is 9.59 Å². The number of fused-ring (bicyclic) bond motifs is 1. The zero-order valence-electron chi connectivity index (χ0n) is 13.4. The molecule has 4 heteroatoms. The average Bonchev–Trinajstić information content (AvgIpc) is 2.74. The third-order valence-electron chi connectivity index (χ3n) is 5.12. The second-order valence-electron chi connectivity index (χ2n) is 7.18. The summed E-state index contributed by atoms with van der Waals surface area (Å²) in [7, 11) is 0. The lowest BCUT2D eigenvalue weighted by molar-refractivity contribution is 0.0616. The molecule has 0 saturated carbocycles. The van der Waals surface area contributed by atoms with Crippen molar-refractivity contribution < 1.29 is 9.59 Å². The van der Waals surface area contributed by atoms with Crippen molar-refractivity contribution >= 4 is 11.7 Å². The Hall–Kier alpha value is -1.68. The van der Waals surface area contributed by atoms with E-state index in [1.54, 1.807) is 12.1 Å². The number of hydrogen-bond donors (Lipinski definition) is 1. The van der Waals surface area contributed by atoms with Gasteiger partial charge in [-0.1, -0.05) is 26.0 Å². The second kappa shape index (κ2) is 5.51. The van der Waals surface area contributed by atoms with Crippen molar-refractivity contribution in [3.63, 3.8) is 0 Å². The number of rotatable bonds is 3. The summed E-state index contributed by atoms with van der Waals surface area (Å²) in [5.74, 6) is 0.431. The second-order valence-corrected chi connectivity index (χ2v) is 7.18. The summed E-state index contributed by atoms with van der Waals surface area (Å²) < 4.78 is 0. The predicted molar refractivity (Wildman–Crippen MR) is 85.9 cm³/mol. The molecule has 1 aliphatic carbocycles. The first kappa shape index (κ1) is 15.2. The molecular formula is C18H24N2O2. The van der Waals surface area contributed by atoms with Gasteiger partial charge in [0.15, 0.2) is 5.78 Å². The number of nitrogens with zero attached hydrogens (tertiary/aromatic N) is 1. The Balaban J connectivity index is 1.83. The Morgan fingerprint density at radius 3 is 2.59 bits per heavy atom. The van der Waals surface area contributed by atoms with Crippen LogP contribution in [0, 0.1) is 11.3 Å². The number of benzene rings is 1. The smallest absolute Gasteiger partial charge is 0.249 e. The third kappa shape index (κ3) is 2.45. The fraction of sp³-hybridized carbons (Fsp3) is 0.556. The molecular weight excluding hydrogens is 276 g/mol. The van der Waals surface area contributed by atoms with Crippen LogP contribution in [-0.4, -0.2) is 36.2 Å². The van der Waals surface area contributed by atoms with Gasteiger partial charge in [-0.3, -0.25) is 9.59 Å². The van der Waals surface area contributed by atoms with Gasteiger partial charge in [0, 0.05) is 23.1 Å². The van der Waals surface area contributed by atoms with E-state index in [2.05, 4.69) is 18.7 Å². The molecule has 0 bridgehead atoms. The van der Waals surface area contributed by atoms with Crippen LogP contribution in [-0.2, 0) is 6.42 Å². The molecule has 1 aliphatic heterocycles. The summed E-state index contributed by atoms with van der Waals surface area (Å²) in [5.41, 5.74) is 7.27. The van der Waals surface area contributed by atoms with E-state index in [0.717, 1.165) is 38.0 Å². The molecule has 0 aromatic heterocycles. The number of piperidine rings is 1. The van der Waals surface area contributed by atoms with Gasteiger partial charge in [0.1, 0.15) is 0 Å². The van der Waals surface area contributed by atoms with Gasteiger partial charge in [0.05, 0.1) is 0 Å². The van der Waals surface area contributed by atoms with Crippen molar-refractivity contribution in [1.82, 2.24) is 4.90 Å². The minimum Gasteiger partial charge on any atom is -0.366 e. The van der Waals surface area contributed by atoms with Gasteiger partial charge in [0.25, 0.3) is 0 Å². The van der Waals surface area contributed by atoms with Gasteiger partial charge in [-0.2, -0.15) is 0 Å². The Bertz CT molecular complexity index is 614. The van der Waals surface area contributed by atoms with Crippen molar-refractivity contribution in [1.29, 1.82) is 0 Å². The fourth-order valence-corrected chi connectivity index (χ4v) is 4.01. The number of primary amides is 1. The quantitative estimate of drug-likeness (QED) is 0.931. The average molecular weight is 300 g/mol. The molecule has 3 rings (SSSR count). The lowest BCUT2D eigenvalue weighted by Gasteiger charge is -2.38. The molecule has 2 N–H and O–H groups in total. The van der Waals surface area contributed by atoms with Crippen LogP contribution in [0.2, 0.25) is 0 Å². The zero-order valence-corrected chi connectivity index (χ0v) is 13.4. The maximum absolute atomic E-state index is 12.9. The molecule has 1 aromatic rings. The zero-order chi connectivity index (χ0) is 15.9. The summed E-state index contributed by atoms with van der Waals surface area (Å²) in [5, 5.41) is 0. The highest BCUT2D eigenvalue weighted by atomic mass is 16.1. The van der Waals surface area contributed by atoms with Gasteiger partial charge in [-0.15, -0.1) is 0 Å². The van der Waals surface area contributed by atoms with Gasteiger partial charge in [0.2, 0.25) is 5.91 Å². The van der Waals surface area contributed by atoms with Crippen molar-refractivity contribution in [3.05, 3.63) is 34.9 Å². The van der Waals surface area contributed by atoms with Crippen LogP contribution < -0.4 is 5.73 Å². The lowest BCUT2D eigenvalue weighted by atomic mass is 9.75. The normalized spacial score (nSPS) is 20.6. The topological polar surface area (TPSA) is 63.4 Å². The molecule has 22 heavy (non-hydrogen) atoms. The number of carbonyl (C=O) groups excluding carboxylic acids is 2. The highest BCUT2D eigenvalue weighted by Gasteiger charge is 2.47. The molecule has 1 spiro atoms. The van der Waals surface area contributed by atoms with Crippen molar-refractivity contribution in [2.75, 3.05) is 19.6 Å². The van der Waals surface area contributed by atoms with E-state index in [-0.39, 0.29) is 11.2 Å². The fourth-order valence-electron chi connectivity index (χ4n) is 4.01. The van der Waals surface area contributed by atoms with Gasteiger partial charge in [-0.05, 0) is 49.9 Å². The number of carbonyl (C=O) groups is 2. The van der Waals surface area contributed by atoms with Crippen molar-refractivity contribution in [2.45, 2.75) is 33.1 Å². The summed E-state index contributed by atoms with van der Waals surface area (Å²) >= 11 is 0. The number of hydrogen-bond acceptors (Lipinski definition) is 3. The SMILES string of the molecule is CC(C)CN1CCC2(CC1)Cc1c(C(N)=O)cccc1C2=O. The first-order chi connectivity index (χ1) is 10.4. The molecule has 1 saturated heterocycles. The van der Waals surface area contributed by atoms with E-state index in [0.29, 0.717) is 23.5 Å². The summed E-state index contributed by atoms with van der Waals surface area (Å²) in [4.78, 5) is 27.0. The highest BCUT2D eigenvalue weighted by molar-refractivity contribution is 6.08. The van der Waals surface area contributed by atoms with Gasteiger partial charge >= 0.3 is 0 Å². The van der Waals surface area contributed by atoms with Crippen LogP contribution >= 0.6 is 0 Å². The van der Waals surface area contributed by atoms with E-state index in [4.69, 9.17) is 5.73 Å². The monoisotopic (exact) mass is 300 g/mol. The van der Waals surface area contributed by atoms with Gasteiger partial charge in [-0.25, -0.2) is 0 Å². The minimum atomic E-state index is -0.432. The number of likely N-dealkylation sites (tertiary alicyclic amines) is 1. The molecule has 1 heterocycles. The summed E-state index contributed by atoms with van der Waals surface area (Å²) in [6, 6.07) is 5.35.